The number of rotatable bonds is 2. The molecule has 2 radical (unpaired) electrons. The molecule has 1 aromatic carbocycles. The van der Waals surface area contributed by atoms with Crippen LogP contribution in [0.1, 0.15) is 5.56 Å². The zero-order valence-electron chi connectivity index (χ0n) is 7.39. The van der Waals surface area contributed by atoms with E-state index in [2.05, 4.69) is 10.1 Å². The Balaban J connectivity index is 2.28. The van der Waals surface area contributed by atoms with E-state index in [1.54, 1.807) is 6.07 Å². The first-order valence-corrected chi connectivity index (χ1v) is 4.12. The number of hydrogen-bond donors (Lipinski definition) is 0. The molecule has 0 bridgehead atoms. The van der Waals surface area contributed by atoms with Gasteiger partial charge in [-0.15, -0.1) is 0 Å². The summed E-state index contributed by atoms with van der Waals surface area (Å²) in [5, 5.41) is 3.88. The van der Waals surface area contributed by atoms with Crippen LogP contribution in [-0.4, -0.2) is 22.6 Å². The van der Waals surface area contributed by atoms with Gasteiger partial charge in [-0.1, -0.05) is 17.6 Å². The lowest BCUT2D eigenvalue weighted by atomic mass is 9.94. The highest BCUT2D eigenvalue weighted by Gasteiger charge is 2.02. The van der Waals surface area contributed by atoms with Gasteiger partial charge in [-0.05, 0) is 6.07 Å². The van der Waals surface area contributed by atoms with Gasteiger partial charge in [-0.2, -0.15) is 5.10 Å². The number of hydrogen-bond acceptors (Lipinski definition) is 2. The summed E-state index contributed by atoms with van der Waals surface area (Å²) in [6.07, 6.45) is 2.94. The van der Waals surface area contributed by atoms with Crippen molar-refractivity contribution in [2.45, 2.75) is 6.54 Å². The lowest BCUT2D eigenvalue weighted by Crippen LogP contribution is -2.08. The van der Waals surface area contributed by atoms with Gasteiger partial charge in [0.05, 0.1) is 6.54 Å². The van der Waals surface area contributed by atoms with Crippen LogP contribution >= 0.6 is 0 Å². The first-order chi connectivity index (χ1) is 6.75. The fourth-order valence-electron chi connectivity index (χ4n) is 1.20. The molecule has 5 heteroatoms. The second kappa shape index (κ2) is 3.61. The van der Waals surface area contributed by atoms with Crippen LogP contribution in [0.15, 0.2) is 30.9 Å². The van der Waals surface area contributed by atoms with Crippen molar-refractivity contribution in [3.63, 3.8) is 0 Å². The minimum absolute atomic E-state index is 0.283. The van der Waals surface area contributed by atoms with Gasteiger partial charge in [0.15, 0.2) is 0 Å². The summed E-state index contributed by atoms with van der Waals surface area (Å²) in [4.78, 5) is 3.77. The number of aromatic nitrogens is 3. The summed E-state index contributed by atoms with van der Waals surface area (Å²) in [6.45, 7) is 0.344. The Labute approximate surface area is 82.0 Å². The molecule has 14 heavy (non-hydrogen) atoms. The highest BCUT2D eigenvalue weighted by atomic mass is 19.1. The maximum Gasteiger partial charge on any atom is 0.137 e. The molecule has 0 spiro atoms. The third-order valence-corrected chi connectivity index (χ3v) is 1.87. The van der Waals surface area contributed by atoms with Crippen LogP contribution in [0.4, 0.5) is 4.39 Å². The molecule has 2 aromatic rings. The summed E-state index contributed by atoms with van der Waals surface area (Å²) < 4.78 is 14.8. The van der Waals surface area contributed by atoms with Crippen LogP contribution in [0.3, 0.4) is 0 Å². The Morgan fingerprint density at radius 1 is 1.43 bits per heavy atom. The smallest absolute Gasteiger partial charge is 0.137 e. The summed E-state index contributed by atoms with van der Waals surface area (Å²) in [5.74, 6) is -0.283. The largest absolute Gasteiger partial charge is 0.248 e. The third kappa shape index (κ3) is 1.81. The van der Waals surface area contributed by atoms with Gasteiger partial charge < -0.3 is 0 Å². The third-order valence-electron chi connectivity index (χ3n) is 1.87. The molecule has 0 N–H and O–H groups in total. The zero-order valence-corrected chi connectivity index (χ0v) is 7.39. The van der Waals surface area contributed by atoms with Crippen molar-refractivity contribution in [3.8, 4) is 0 Å². The Bertz CT molecular complexity index is 428. The van der Waals surface area contributed by atoms with E-state index in [4.69, 9.17) is 7.85 Å². The van der Waals surface area contributed by atoms with Crippen molar-refractivity contribution in [1.82, 2.24) is 14.8 Å². The van der Waals surface area contributed by atoms with E-state index in [-0.39, 0.29) is 5.82 Å². The van der Waals surface area contributed by atoms with Gasteiger partial charge in [0.25, 0.3) is 0 Å². The summed E-state index contributed by atoms with van der Waals surface area (Å²) in [7, 11) is 5.54. The molecule has 0 unspecified atom stereocenters. The Hall–Kier alpha value is -1.65. The second-order valence-electron chi connectivity index (χ2n) is 2.94. The average molecular weight is 187 g/mol. The van der Waals surface area contributed by atoms with Crippen molar-refractivity contribution in [3.05, 3.63) is 42.2 Å². The van der Waals surface area contributed by atoms with Gasteiger partial charge in [-0.3, -0.25) is 0 Å². The zero-order chi connectivity index (χ0) is 9.97. The SMILES string of the molecule is [B]c1ccc(F)c(Cn2cncn2)c1. The first-order valence-electron chi connectivity index (χ1n) is 4.12. The minimum atomic E-state index is -0.283. The normalized spacial score (nSPS) is 10.4. The molecule has 0 aliphatic heterocycles. The predicted octanol–water partition coefficient (Wildman–Crippen LogP) is 0.259. The van der Waals surface area contributed by atoms with E-state index in [1.165, 1.54) is 29.5 Å². The molecule has 2 rings (SSSR count). The van der Waals surface area contributed by atoms with E-state index >= 15 is 0 Å². The highest BCUT2D eigenvalue weighted by molar-refractivity contribution is 6.32. The van der Waals surface area contributed by atoms with Crippen LogP contribution < -0.4 is 5.46 Å². The highest BCUT2D eigenvalue weighted by Crippen LogP contribution is 2.05. The molecule has 0 amide bonds. The van der Waals surface area contributed by atoms with Gasteiger partial charge in [0, 0.05) is 5.56 Å². The molecular formula is C9H7BFN3. The van der Waals surface area contributed by atoms with E-state index in [9.17, 15) is 4.39 Å². The number of halogens is 1. The maximum atomic E-state index is 13.2. The standard InChI is InChI=1S/C9H7BFN3/c10-8-1-2-9(11)7(3-8)4-14-6-12-5-13-14/h1-3,5-6H,4H2. The topological polar surface area (TPSA) is 30.7 Å². The van der Waals surface area contributed by atoms with Gasteiger partial charge in [0.2, 0.25) is 0 Å². The number of benzene rings is 1. The van der Waals surface area contributed by atoms with E-state index in [0.29, 0.717) is 17.6 Å². The van der Waals surface area contributed by atoms with Crippen molar-refractivity contribution in [2.75, 3.05) is 0 Å². The lowest BCUT2D eigenvalue weighted by molar-refractivity contribution is 0.585. The molecular weight excluding hydrogens is 180 g/mol. The molecule has 0 saturated carbocycles. The van der Waals surface area contributed by atoms with Crippen molar-refractivity contribution in [1.29, 1.82) is 0 Å². The molecule has 0 aliphatic rings. The number of nitrogens with zero attached hydrogens (tertiary/aromatic N) is 3. The molecule has 0 atom stereocenters. The Kier molecular flexibility index (Phi) is 2.31. The average Bonchev–Trinajstić information content (AvgIpc) is 2.64. The molecule has 0 aliphatic carbocycles. The minimum Gasteiger partial charge on any atom is -0.248 e. The van der Waals surface area contributed by atoms with E-state index in [0.717, 1.165) is 0 Å². The maximum absolute atomic E-state index is 13.2. The molecule has 3 nitrogen and oxygen atoms in total. The molecule has 1 heterocycles. The monoisotopic (exact) mass is 187 g/mol. The van der Waals surface area contributed by atoms with Crippen LogP contribution in [0.5, 0.6) is 0 Å². The first kappa shape index (κ1) is 8.93. The molecule has 0 fully saturated rings. The summed E-state index contributed by atoms with van der Waals surface area (Å²) >= 11 is 0. The predicted molar refractivity (Wildman–Crippen MR) is 50.9 cm³/mol. The van der Waals surface area contributed by atoms with Crippen LogP contribution in [0.2, 0.25) is 0 Å². The molecule has 68 valence electrons. The quantitative estimate of drug-likeness (QED) is 0.631. The Morgan fingerprint density at radius 2 is 2.29 bits per heavy atom. The molecule has 1 aromatic heterocycles. The Morgan fingerprint density at radius 3 is 3.00 bits per heavy atom. The second-order valence-corrected chi connectivity index (χ2v) is 2.94. The molecule has 0 saturated heterocycles. The fourth-order valence-corrected chi connectivity index (χ4v) is 1.20. The van der Waals surface area contributed by atoms with Crippen molar-refractivity contribution in [2.24, 2.45) is 0 Å². The van der Waals surface area contributed by atoms with E-state index in [1.807, 2.05) is 0 Å². The van der Waals surface area contributed by atoms with Crippen LogP contribution in [0, 0.1) is 5.82 Å². The van der Waals surface area contributed by atoms with E-state index < -0.39 is 0 Å². The summed E-state index contributed by atoms with van der Waals surface area (Å²) in [5.41, 5.74) is 1.05. The van der Waals surface area contributed by atoms with Crippen LogP contribution in [-0.2, 0) is 6.54 Å². The van der Waals surface area contributed by atoms with Gasteiger partial charge in [0.1, 0.15) is 26.3 Å². The summed E-state index contributed by atoms with van der Waals surface area (Å²) in [6, 6.07) is 4.47. The lowest BCUT2D eigenvalue weighted by Gasteiger charge is -2.04. The van der Waals surface area contributed by atoms with Crippen LogP contribution in [0.25, 0.3) is 0 Å². The van der Waals surface area contributed by atoms with Crippen molar-refractivity contribution < 1.29 is 4.39 Å². The van der Waals surface area contributed by atoms with Gasteiger partial charge in [-0.25, -0.2) is 14.1 Å². The van der Waals surface area contributed by atoms with Crippen molar-refractivity contribution >= 4 is 13.3 Å². The fraction of sp³-hybridized carbons (Fsp3) is 0.111. The van der Waals surface area contributed by atoms with Gasteiger partial charge >= 0.3 is 0 Å².